The highest BCUT2D eigenvalue weighted by atomic mass is 16.6. The Kier molecular flexibility index (Phi) is 3.82. The van der Waals surface area contributed by atoms with Crippen LogP contribution in [0.4, 0.5) is 11.5 Å². The Balaban J connectivity index is 1.54. The molecule has 2 fully saturated rings. The van der Waals surface area contributed by atoms with Gasteiger partial charge in [-0.25, -0.2) is 4.98 Å². The fourth-order valence-electron chi connectivity index (χ4n) is 3.29. The topological polar surface area (TPSA) is 71.3 Å². The zero-order chi connectivity index (χ0) is 13.9. The van der Waals surface area contributed by atoms with E-state index in [1.165, 1.54) is 37.9 Å². The monoisotopic (exact) mass is 276 g/mol. The standard InChI is InChI=1S/C14H20N4O2/c19-18(20)13-5-6-14(15-9-13)16-11-7-8-17(10-11)12-3-1-2-4-12/h5-6,9,11-12H,1-4,7-8,10H2,(H,15,16). The van der Waals surface area contributed by atoms with Crippen molar-refractivity contribution >= 4 is 11.5 Å². The lowest BCUT2D eigenvalue weighted by Crippen LogP contribution is -2.33. The van der Waals surface area contributed by atoms with Gasteiger partial charge in [0.05, 0.1) is 4.92 Å². The van der Waals surface area contributed by atoms with E-state index in [0.717, 1.165) is 31.4 Å². The first-order valence-electron chi connectivity index (χ1n) is 7.33. The molecule has 1 unspecified atom stereocenters. The lowest BCUT2D eigenvalue weighted by molar-refractivity contribution is -0.385. The van der Waals surface area contributed by atoms with E-state index >= 15 is 0 Å². The van der Waals surface area contributed by atoms with Crippen LogP contribution in [0.25, 0.3) is 0 Å². The van der Waals surface area contributed by atoms with E-state index in [9.17, 15) is 10.1 Å². The van der Waals surface area contributed by atoms with Crippen LogP contribution >= 0.6 is 0 Å². The minimum atomic E-state index is -0.422. The van der Waals surface area contributed by atoms with Crippen molar-refractivity contribution in [1.82, 2.24) is 9.88 Å². The summed E-state index contributed by atoms with van der Waals surface area (Å²) in [5.74, 6) is 0.730. The summed E-state index contributed by atoms with van der Waals surface area (Å²) in [5, 5.41) is 14.0. The van der Waals surface area contributed by atoms with Gasteiger partial charge in [-0.2, -0.15) is 0 Å². The number of anilines is 1. The molecular formula is C14H20N4O2. The van der Waals surface area contributed by atoms with Gasteiger partial charge in [0.15, 0.2) is 0 Å². The highest BCUT2D eigenvalue weighted by Gasteiger charge is 2.29. The van der Waals surface area contributed by atoms with Crippen LogP contribution in [0.5, 0.6) is 0 Å². The first kappa shape index (κ1) is 13.3. The first-order valence-corrected chi connectivity index (χ1v) is 7.33. The summed E-state index contributed by atoms with van der Waals surface area (Å²) in [6, 6.07) is 4.37. The molecule has 1 aromatic rings. The summed E-state index contributed by atoms with van der Waals surface area (Å²) >= 11 is 0. The van der Waals surface area contributed by atoms with Crippen LogP contribution in [-0.4, -0.2) is 40.0 Å². The van der Waals surface area contributed by atoms with Gasteiger partial charge < -0.3 is 5.32 Å². The van der Waals surface area contributed by atoms with Crippen LogP contribution < -0.4 is 5.32 Å². The molecule has 3 rings (SSSR count). The van der Waals surface area contributed by atoms with Crippen molar-refractivity contribution in [1.29, 1.82) is 0 Å². The Bertz CT molecular complexity index is 471. The minimum absolute atomic E-state index is 0.0366. The molecule has 0 amide bonds. The average Bonchev–Trinajstić information content (AvgIpc) is 3.09. The maximum absolute atomic E-state index is 10.6. The molecule has 1 aliphatic heterocycles. The summed E-state index contributed by atoms with van der Waals surface area (Å²) in [5.41, 5.74) is 0.0366. The maximum Gasteiger partial charge on any atom is 0.287 e. The molecule has 1 aliphatic carbocycles. The number of nitrogens with zero attached hydrogens (tertiary/aromatic N) is 3. The van der Waals surface area contributed by atoms with Gasteiger partial charge in [0.2, 0.25) is 0 Å². The fraction of sp³-hybridized carbons (Fsp3) is 0.643. The first-order chi connectivity index (χ1) is 9.72. The second-order valence-electron chi connectivity index (χ2n) is 5.72. The van der Waals surface area contributed by atoms with E-state index in [0.29, 0.717) is 6.04 Å². The number of rotatable bonds is 4. The number of nitro groups is 1. The summed E-state index contributed by atoms with van der Waals surface area (Å²) in [7, 11) is 0. The third kappa shape index (κ3) is 2.90. The summed E-state index contributed by atoms with van der Waals surface area (Å²) < 4.78 is 0. The lowest BCUT2D eigenvalue weighted by Gasteiger charge is -2.23. The van der Waals surface area contributed by atoms with Gasteiger partial charge in [-0.15, -0.1) is 0 Å². The van der Waals surface area contributed by atoms with Crippen LogP contribution in [0, 0.1) is 10.1 Å². The molecule has 6 heteroatoms. The van der Waals surface area contributed by atoms with Crippen molar-refractivity contribution in [3.8, 4) is 0 Å². The SMILES string of the molecule is O=[N+]([O-])c1ccc(NC2CCN(C3CCCC3)C2)nc1. The van der Waals surface area contributed by atoms with Crippen molar-refractivity contribution in [2.45, 2.75) is 44.2 Å². The van der Waals surface area contributed by atoms with Crippen molar-refractivity contribution in [3.05, 3.63) is 28.4 Å². The number of likely N-dealkylation sites (tertiary alicyclic amines) is 1. The van der Waals surface area contributed by atoms with Gasteiger partial charge in [0, 0.05) is 31.2 Å². The molecule has 6 nitrogen and oxygen atoms in total. The van der Waals surface area contributed by atoms with Gasteiger partial charge in [0.1, 0.15) is 12.0 Å². The van der Waals surface area contributed by atoms with Crippen LogP contribution in [0.3, 0.4) is 0 Å². The Morgan fingerprint density at radius 1 is 1.30 bits per heavy atom. The quantitative estimate of drug-likeness (QED) is 0.675. The molecule has 1 N–H and O–H groups in total. The molecule has 108 valence electrons. The van der Waals surface area contributed by atoms with Crippen molar-refractivity contribution in [2.24, 2.45) is 0 Å². The molecule has 1 aromatic heterocycles. The molecule has 0 radical (unpaired) electrons. The molecule has 0 bridgehead atoms. The zero-order valence-electron chi connectivity index (χ0n) is 11.5. The van der Waals surface area contributed by atoms with Crippen LogP contribution in [-0.2, 0) is 0 Å². The Morgan fingerprint density at radius 2 is 2.10 bits per heavy atom. The molecule has 2 heterocycles. The van der Waals surface area contributed by atoms with E-state index in [-0.39, 0.29) is 5.69 Å². The predicted octanol–water partition coefficient (Wildman–Crippen LogP) is 2.42. The van der Waals surface area contributed by atoms with E-state index in [1.807, 2.05) is 0 Å². The van der Waals surface area contributed by atoms with Crippen molar-refractivity contribution in [2.75, 3.05) is 18.4 Å². The number of hydrogen-bond donors (Lipinski definition) is 1. The summed E-state index contributed by atoms with van der Waals surface area (Å²) in [6.45, 7) is 2.21. The Hall–Kier alpha value is -1.69. The second-order valence-corrected chi connectivity index (χ2v) is 5.72. The Labute approximate surface area is 118 Å². The Morgan fingerprint density at radius 3 is 2.75 bits per heavy atom. The third-order valence-electron chi connectivity index (χ3n) is 4.37. The summed E-state index contributed by atoms with van der Waals surface area (Å²) in [4.78, 5) is 16.9. The van der Waals surface area contributed by atoms with Gasteiger partial charge >= 0.3 is 0 Å². The van der Waals surface area contributed by atoms with Crippen molar-refractivity contribution in [3.63, 3.8) is 0 Å². The predicted molar refractivity (Wildman–Crippen MR) is 76.7 cm³/mol. The largest absolute Gasteiger partial charge is 0.366 e. The lowest BCUT2D eigenvalue weighted by atomic mass is 10.2. The normalized spacial score (nSPS) is 24.1. The highest BCUT2D eigenvalue weighted by molar-refractivity contribution is 5.41. The van der Waals surface area contributed by atoms with Gasteiger partial charge in [-0.3, -0.25) is 15.0 Å². The van der Waals surface area contributed by atoms with Crippen molar-refractivity contribution < 1.29 is 4.92 Å². The molecule has 1 saturated heterocycles. The average molecular weight is 276 g/mol. The fourth-order valence-corrected chi connectivity index (χ4v) is 3.29. The second kappa shape index (κ2) is 5.75. The number of nitrogens with one attached hydrogen (secondary N) is 1. The van der Waals surface area contributed by atoms with Crippen LogP contribution in [0.15, 0.2) is 18.3 Å². The van der Waals surface area contributed by atoms with E-state index < -0.39 is 4.92 Å². The minimum Gasteiger partial charge on any atom is -0.366 e. The highest BCUT2D eigenvalue weighted by Crippen LogP contribution is 2.27. The van der Waals surface area contributed by atoms with Gasteiger partial charge in [-0.1, -0.05) is 12.8 Å². The molecule has 1 saturated carbocycles. The molecule has 1 atom stereocenters. The maximum atomic E-state index is 10.6. The molecule has 20 heavy (non-hydrogen) atoms. The zero-order valence-corrected chi connectivity index (χ0v) is 11.5. The number of aromatic nitrogens is 1. The summed E-state index contributed by atoms with van der Waals surface area (Å²) in [6.07, 6.45) is 7.83. The van der Waals surface area contributed by atoms with Gasteiger partial charge in [-0.05, 0) is 25.3 Å². The number of hydrogen-bond acceptors (Lipinski definition) is 5. The molecule has 2 aliphatic rings. The smallest absolute Gasteiger partial charge is 0.287 e. The van der Waals surface area contributed by atoms with Gasteiger partial charge in [0.25, 0.3) is 5.69 Å². The van der Waals surface area contributed by atoms with E-state index in [1.54, 1.807) is 6.07 Å². The van der Waals surface area contributed by atoms with E-state index in [2.05, 4.69) is 15.2 Å². The third-order valence-corrected chi connectivity index (χ3v) is 4.37. The van der Waals surface area contributed by atoms with Crippen LogP contribution in [0.1, 0.15) is 32.1 Å². The van der Waals surface area contributed by atoms with Crippen LogP contribution in [0.2, 0.25) is 0 Å². The molecule has 0 aromatic carbocycles. The molecule has 0 spiro atoms. The number of pyridine rings is 1. The molecular weight excluding hydrogens is 256 g/mol. The van der Waals surface area contributed by atoms with E-state index in [4.69, 9.17) is 0 Å².